The first-order valence-corrected chi connectivity index (χ1v) is 9.43. The molecule has 138 valence electrons. The van der Waals surface area contributed by atoms with Crippen molar-refractivity contribution >= 4 is 27.6 Å². The smallest absolute Gasteiger partial charge is 0.338 e. The lowest BCUT2D eigenvalue weighted by atomic mass is 10.1. The highest BCUT2D eigenvalue weighted by Crippen LogP contribution is 2.21. The van der Waals surface area contributed by atoms with Crippen LogP contribution in [0.4, 0.5) is 5.69 Å². The van der Waals surface area contributed by atoms with Crippen LogP contribution in [-0.4, -0.2) is 33.6 Å². The van der Waals surface area contributed by atoms with E-state index in [1.165, 1.54) is 30.3 Å². The zero-order valence-electron chi connectivity index (χ0n) is 14.4. The third-order valence-electron chi connectivity index (χ3n) is 3.26. The molecule has 26 heavy (non-hydrogen) atoms. The third kappa shape index (κ3) is 4.82. The Balaban J connectivity index is 2.43. The van der Waals surface area contributed by atoms with Gasteiger partial charge in [-0.15, -0.1) is 0 Å². The fourth-order valence-electron chi connectivity index (χ4n) is 2.16. The van der Waals surface area contributed by atoms with Gasteiger partial charge in [0.15, 0.2) is 0 Å². The van der Waals surface area contributed by atoms with Crippen molar-refractivity contribution in [2.75, 3.05) is 17.9 Å². The Kier molecular flexibility index (Phi) is 6.35. The number of carbonyl (C=O) groups excluding carboxylic acids is 2. The van der Waals surface area contributed by atoms with Crippen molar-refractivity contribution in [3.05, 3.63) is 59.7 Å². The highest BCUT2D eigenvalue weighted by atomic mass is 32.2. The zero-order chi connectivity index (χ0) is 19.2. The van der Waals surface area contributed by atoms with Crippen LogP contribution in [0.5, 0.6) is 0 Å². The molecule has 0 fully saturated rings. The van der Waals surface area contributed by atoms with Gasteiger partial charge < -0.3 is 9.47 Å². The van der Waals surface area contributed by atoms with E-state index >= 15 is 0 Å². The molecule has 0 bridgehead atoms. The monoisotopic (exact) mass is 377 g/mol. The average Bonchev–Trinajstić information content (AvgIpc) is 2.62. The van der Waals surface area contributed by atoms with E-state index in [0.717, 1.165) is 0 Å². The summed E-state index contributed by atoms with van der Waals surface area (Å²) >= 11 is 0. The first-order chi connectivity index (χ1) is 12.4. The number of nitrogens with one attached hydrogen (secondary N) is 1. The number of hydrogen-bond acceptors (Lipinski definition) is 6. The average molecular weight is 377 g/mol. The molecule has 0 saturated carbocycles. The minimum Gasteiger partial charge on any atom is -0.462 e. The number of ether oxygens (including phenoxy) is 2. The molecule has 0 heterocycles. The number of esters is 2. The Bertz CT molecular complexity index is 857. The van der Waals surface area contributed by atoms with Gasteiger partial charge in [-0.2, -0.15) is 0 Å². The summed E-state index contributed by atoms with van der Waals surface area (Å²) < 4.78 is 37.2. The summed E-state index contributed by atoms with van der Waals surface area (Å²) in [4.78, 5) is 24.1. The van der Waals surface area contributed by atoms with Crippen molar-refractivity contribution in [1.82, 2.24) is 0 Å². The quantitative estimate of drug-likeness (QED) is 0.745. The molecule has 0 aliphatic rings. The van der Waals surface area contributed by atoms with Crippen molar-refractivity contribution in [2.45, 2.75) is 18.7 Å². The molecule has 0 radical (unpaired) electrons. The predicted octanol–water partition coefficient (Wildman–Crippen LogP) is 2.84. The lowest BCUT2D eigenvalue weighted by Crippen LogP contribution is -2.15. The summed E-state index contributed by atoms with van der Waals surface area (Å²) in [7, 11) is -3.88. The predicted molar refractivity (Wildman–Crippen MR) is 95.6 cm³/mol. The van der Waals surface area contributed by atoms with Crippen LogP contribution in [0.25, 0.3) is 0 Å². The van der Waals surface area contributed by atoms with E-state index in [2.05, 4.69) is 4.72 Å². The number of carbonyl (C=O) groups is 2. The first-order valence-electron chi connectivity index (χ1n) is 7.94. The fraction of sp³-hybridized carbons (Fsp3) is 0.222. The number of hydrogen-bond donors (Lipinski definition) is 1. The molecular weight excluding hydrogens is 358 g/mol. The molecule has 8 heteroatoms. The zero-order valence-corrected chi connectivity index (χ0v) is 15.2. The van der Waals surface area contributed by atoms with Crippen LogP contribution in [0.15, 0.2) is 53.4 Å². The normalized spacial score (nSPS) is 10.8. The summed E-state index contributed by atoms with van der Waals surface area (Å²) in [5, 5.41) is 0. The standard InChI is InChI=1S/C18H19NO6S/c1-3-24-17(20)13-10-14(18(21)25-4-2)12-15(11-13)19-26(22,23)16-8-6-5-7-9-16/h5-12,19H,3-4H2,1-2H3. The second-order valence-electron chi connectivity index (χ2n) is 5.16. The van der Waals surface area contributed by atoms with Crippen molar-refractivity contribution in [3.8, 4) is 0 Å². The van der Waals surface area contributed by atoms with E-state index < -0.39 is 22.0 Å². The lowest BCUT2D eigenvalue weighted by Gasteiger charge is -2.12. The molecule has 2 aromatic rings. The van der Waals surface area contributed by atoms with Gasteiger partial charge in [0.1, 0.15) is 0 Å². The van der Waals surface area contributed by atoms with E-state index in [1.54, 1.807) is 32.0 Å². The second kappa shape index (κ2) is 8.48. The molecule has 2 rings (SSSR count). The molecule has 0 aliphatic carbocycles. The number of anilines is 1. The second-order valence-corrected chi connectivity index (χ2v) is 6.84. The summed E-state index contributed by atoms with van der Waals surface area (Å²) in [6, 6.07) is 11.7. The van der Waals surface area contributed by atoms with Crippen molar-refractivity contribution in [1.29, 1.82) is 0 Å². The molecule has 0 amide bonds. The van der Waals surface area contributed by atoms with E-state index in [-0.39, 0.29) is 34.9 Å². The van der Waals surface area contributed by atoms with Crippen LogP contribution >= 0.6 is 0 Å². The third-order valence-corrected chi connectivity index (χ3v) is 4.66. The number of rotatable bonds is 7. The van der Waals surface area contributed by atoms with E-state index in [4.69, 9.17) is 9.47 Å². The van der Waals surface area contributed by atoms with Crippen LogP contribution in [0.3, 0.4) is 0 Å². The van der Waals surface area contributed by atoms with Gasteiger partial charge in [0, 0.05) is 0 Å². The van der Waals surface area contributed by atoms with Gasteiger partial charge in [-0.05, 0) is 44.2 Å². The molecular formula is C18H19NO6S. The molecule has 0 aromatic heterocycles. The van der Waals surface area contributed by atoms with E-state index in [9.17, 15) is 18.0 Å². The van der Waals surface area contributed by atoms with Gasteiger partial charge in [0.25, 0.3) is 10.0 Å². The van der Waals surface area contributed by atoms with Gasteiger partial charge in [-0.3, -0.25) is 4.72 Å². The van der Waals surface area contributed by atoms with Gasteiger partial charge in [0.05, 0.1) is 34.9 Å². The molecule has 7 nitrogen and oxygen atoms in total. The van der Waals surface area contributed by atoms with Crippen molar-refractivity contribution in [3.63, 3.8) is 0 Å². The van der Waals surface area contributed by atoms with Gasteiger partial charge >= 0.3 is 11.9 Å². The molecule has 0 spiro atoms. The fourth-order valence-corrected chi connectivity index (χ4v) is 3.23. The van der Waals surface area contributed by atoms with Crippen LogP contribution in [0, 0.1) is 0 Å². The lowest BCUT2D eigenvalue weighted by molar-refractivity contribution is 0.0525. The van der Waals surface area contributed by atoms with Crippen LogP contribution < -0.4 is 4.72 Å². The largest absolute Gasteiger partial charge is 0.462 e. The van der Waals surface area contributed by atoms with Crippen molar-refractivity contribution < 1.29 is 27.5 Å². The Hall–Kier alpha value is -2.87. The Morgan fingerprint density at radius 3 is 1.85 bits per heavy atom. The summed E-state index contributed by atoms with van der Waals surface area (Å²) in [5.41, 5.74) is 0.147. The maximum absolute atomic E-state index is 12.5. The summed E-state index contributed by atoms with van der Waals surface area (Å²) in [6.07, 6.45) is 0. The van der Waals surface area contributed by atoms with Crippen LogP contribution in [0.1, 0.15) is 34.6 Å². The minimum absolute atomic E-state index is 0.0446. The number of sulfonamides is 1. The molecule has 0 saturated heterocycles. The highest BCUT2D eigenvalue weighted by Gasteiger charge is 2.18. The van der Waals surface area contributed by atoms with Crippen LogP contribution in [0.2, 0.25) is 0 Å². The van der Waals surface area contributed by atoms with Gasteiger partial charge in [0.2, 0.25) is 0 Å². The van der Waals surface area contributed by atoms with Crippen molar-refractivity contribution in [2.24, 2.45) is 0 Å². The minimum atomic E-state index is -3.88. The SMILES string of the molecule is CCOC(=O)c1cc(NS(=O)(=O)c2ccccc2)cc(C(=O)OCC)c1. The maximum atomic E-state index is 12.5. The topological polar surface area (TPSA) is 98.8 Å². The Morgan fingerprint density at radius 2 is 1.38 bits per heavy atom. The molecule has 0 atom stereocenters. The molecule has 1 N–H and O–H groups in total. The van der Waals surface area contributed by atoms with Gasteiger partial charge in [-0.1, -0.05) is 18.2 Å². The van der Waals surface area contributed by atoms with Gasteiger partial charge in [-0.25, -0.2) is 18.0 Å². The Labute approximate surface area is 152 Å². The van der Waals surface area contributed by atoms with E-state index in [1.807, 2.05) is 0 Å². The summed E-state index contributed by atoms with van der Waals surface area (Å²) in [5.74, 6) is -1.34. The molecule has 0 unspecified atom stereocenters. The number of benzene rings is 2. The first kappa shape index (κ1) is 19.5. The maximum Gasteiger partial charge on any atom is 0.338 e. The molecule has 2 aromatic carbocycles. The van der Waals surface area contributed by atoms with E-state index in [0.29, 0.717) is 0 Å². The Morgan fingerprint density at radius 1 is 0.885 bits per heavy atom. The summed E-state index contributed by atoms with van der Waals surface area (Å²) in [6.45, 7) is 3.58. The van der Waals surface area contributed by atoms with Crippen LogP contribution in [-0.2, 0) is 19.5 Å². The highest BCUT2D eigenvalue weighted by molar-refractivity contribution is 7.92. The molecule has 0 aliphatic heterocycles.